The van der Waals surface area contributed by atoms with E-state index in [1.807, 2.05) is 29.8 Å². The van der Waals surface area contributed by atoms with Crippen LogP contribution in [-0.2, 0) is 6.18 Å². The maximum Gasteiger partial charge on any atom is 0.420 e. The van der Waals surface area contributed by atoms with Gasteiger partial charge in [-0.25, -0.2) is 4.98 Å². The van der Waals surface area contributed by atoms with Crippen molar-refractivity contribution >= 4 is 33.5 Å². The molecule has 0 atom stereocenters. The van der Waals surface area contributed by atoms with Gasteiger partial charge in [0.1, 0.15) is 5.75 Å². The number of nitrogens with zero attached hydrogens (tertiary/aromatic N) is 1. The van der Waals surface area contributed by atoms with Gasteiger partial charge in [-0.05, 0) is 36.1 Å². The van der Waals surface area contributed by atoms with Gasteiger partial charge in [0.2, 0.25) is 0 Å². The van der Waals surface area contributed by atoms with E-state index in [-0.39, 0.29) is 12.4 Å². The van der Waals surface area contributed by atoms with Crippen molar-refractivity contribution < 1.29 is 17.9 Å². The molecule has 3 rings (SSSR count). The van der Waals surface area contributed by atoms with Crippen LogP contribution in [0, 0.1) is 0 Å². The molecule has 0 amide bonds. The molecule has 0 spiro atoms. The van der Waals surface area contributed by atoms with Crippen LogP contribution < -0.4 is 10.1 Å². The summed E-state index contributed by atoms with van der Waals surface area (Å²) in [4.78, 5) is 5.46. The lowest BCUT2D eigenvalue weighted by Crippen LogP contribution is -2.10. The Morgan fingerprint density at radius 3 is 2.70 bits per heavy atom. The summed E-state index contributed by atoms with van der Waals surface area (Å²) in [6.07, 6.45) is -1.83. The number of rotatable bonds is 8. The van der Waals surface area contributed by atoms with E-state index in [1.165, 1.54) is 17.4 Å². The minimum Gasteiger partial charge on any atom is -0.493 e. The van der Waals surface area contributed by atoms with Crippen LogP contribution in [0.3, 0.4) is 0 Å². The predicted molar refractivity (Wildman–Crippen MR) is 105 cm³/mol. The van der Waals surface area contributed by atoms with Gasteiger partial charge in [0, 0.05) is 11.1 Å². The van der Waals surface area contributed by atoms with E-state index in [0.29, 0.717) is 10.8 Å². The lowest BCUT2D eigenvalue weighted by Gasteiger charge is -2.15. The largest absolute Gasteiger partial charge is 0.493 e. The number of thiazole rings is 1. The fourth-order valence-corrected chi connectivity index (χ4v) is 3.97. The average molecular weight is 413 g/mol. The minimum atomic E-state index is -4.48. The maximum atomic E-state index is 13.4. The number of unbranched alkanes of at least 4 members (excludes halogenated alkanes) is 2. The van der Waals surface area contributed by atoms with E-state index < -0.39 is 11.7 Å². The first kappa shape index (κ1) is 19.7. The molecule has 0 unspecified atom stereocenters. The van der Waals surface area contributed by atoms with Gasteiger partial charge in [-0.15, -0.1) is 22.7 Å². The zero-order valence-corrected chi connectivity index (χ0v) is 16.3. The van der Waals surface area contributed by atoms with Crippen molar-refractivity contribution in [3.8, 4) is 16.3 Å². The van der Waals surface area contributed by atoms with Gasteiger partial charge in [0.05, 0.1) is 22.7 Å². The molecule has 144 valence electrons. The van der Waals surface area contributed by atoms with E-state index in [9.17, 15) is 13.2 Å². The molecule has 2 heterocycles. The van der Waals surface area contributed by atoms with Crippen LogP contribution in [0.5, 0.6) is 5.75 Å². The standard InChI is InChI=1S/C19H19F3N2OS2/c1-2-3-4-9-25-16-8-7-13(11-14(16)19(20,21)22)23-18-24-15(12-27-18)17-6-5-10-26-17/h5-8,10-12H,2-4,9H2,1H3,(H,23,24). The second kappa shape index (κ2) is 8.75. The Bertz CT molecular complexity index is 860. The molecular formula is C19H19F3N2OS2. The molecule has 2 aromatic heterocycles. The highest BCUT2D eigenvalue weighted by molar-refractivity contribution is 7.16. The van der Waals surface area contributed by atoms with Gasteiger partial charge in [-0.3, -0.25) is 0 Å². The Morgan fingerprint density at radius 2 is 2.00 bits per heavy atom. The number of alkyl halides is 3. The molecule has 0 aliphatic carbocycles. The summed E-state index contributed by atoms with van der Waals surface area (Å²) in [5, 5.41) is 7.34. The average Bonchev–Trinajstić information content (AvgIpc) is 3.30. The van der Waals surface area contributed by atoms with Gasteiger partial charge in [0.15, 0.2) is 5.13 Å². The molecule has 0 saturated carbocycles. The molecule has 0 saturated heterocycles. The Balaban J connectivity index is 1.76. The summed E-state index contributed by atoms with van der Waals surface area (Å²) in [6.45, 7) is 2.31. The first-order valence-corrected chi connectivity index (χ1v) is 10.3. The summed E-state index contributed by atoms with van der Waals surface area (Å²) < 4.78 is 45.6. The molecule has 8 heteroatoms. The lowest BCUT2D eigenvalue weighted by molar-refractivity contribution is -0.138. The van der Waals surface area contributed by atoms with Gasteiger partial charge in [0.25, 0.3) is 0 Å². The smallest absolute Gasteiger partial charge is 0.420 e. The topological polar surface area (TPSA) is 34.1 Å². The van der Waals surface area contributed by atoms with Crippen molar-refractivity contribution in [2.45, 2.75) is 32.4 Å². The number of benzene rings is 1. The third-order valence-electron chi connectivity index (χ3n) is 3.82. The van der Waals surface area contributed by atoms with Crippen LogP contribution in [0.25, 0.3) is 10.6 Å². The first-order chi connectivity index (χ1) is 13.0. The van der Waals surface area contributed by atoms with E-state index in [0.717, 1.165) is 35.9 Å². The van der Waals surface area contributed by atoms with Crippen LogP contribution >= 0.6 is 22.7 Å². The molecule has 3 nitrogen and oxygen atoms in total. The van der Waals surface area contributed by atoms with Crippen LogP contribution in [0.2, 0.25) is 0 Å². The van der Waals surface area contributed by atoms with Crippen molar-refractivity contribution in [3.63, 3.8) is 0 Å². The third kappa shape index (κ3) is 5.23. The number of thiophene rings is 1. The third-order valence-corrected chi connectivity index (χ3v) is 5.47. The molecule has 0 aliphatic heterocycles. The number of aromatic nitrogens is 1. The Morgan fingerprint density at radius 1 is 1.15 bits per heavy atom. The molecule has 1 aromatic carbocycles. The zero-order valence-electron chi connectivity index (χ0n) is 14.7. The molecule has 1 N–H and O–H groups in total. The molecule has 0 aliphatic rings. The van der Waals surface area contributed by atoms with Gasteiger partial charge < -0.3 is 10.1 Å². The van der Waals surface area contributed by atoms with E-state index in [2.05, 4.69) is 10.3 Å². The summed E-state index contributed by atoms with van der Waals surface area (Å²) in [7, 11) is 0. The highest BCUT2D eigenvalue weighted by atomic mass is 32.1. The monoisotopic (exact) mass is 412 g/mol. The van der Waals surface area contributed by atoms with E-state index >= 15 is 0 Å². The minimum absolute atomic E-state index is 0.137. The number of hydrogen-bond donors (Lipinski definition) is 1. The number of anilines is 2. The molecule has 0 bridgehead atoms. The van der Waals surface area contributed by atoms with Gasteiger partial charge >= 0.3 is 6.18 Å². The first-order valence-electron chi connectivity index (χ1n) is 8.58. The van der Waals surface area contributed by atoms with Gasteiger partial charge in [-0.2, -0.15) is 13.2 Å². The van der Waals surface area contributed by atoms with Crippen LogP contribution in [0.4, 0.5) is 24.0 Å². The highest BCUT2D eigenvalue weighted by Crippen LogP contribution is 2.39. The molecule has 0 radical (unpaired) electrons. The number of nitrogens with one attached hydrogen (secondary N) is 1. The van der Waals surface area contributed by atoms with Crippen molar-refractivity contribution in [3.05, 3.63) is 46.7 Å². The second-order valence-corrected chi connectivity index (χ2v) is 7.71. The van der Waals surface area contributed by atoms with Crippen molar-refractivity contribution in [2.75, 3.05) is 11.9 Å². The predicted octanol–water partition coefficient (Wildman–Crippen LogP) is 7.20. The molecule has 3 aromatic rings. The Labute approximate surface area is 163 Å². The lowest BCUT2D eigenvalue weighted by atomic mass is 10.1. The maximum absolute atomic E-state index is 13.4. The molecule has 27 heavy (non-hydrogen) atoms. The van der Waals surface area contributed by atoms with E-state index in [1.54, 1.807) is 17.4 Å². The summed E-state index contributed by atoms with van der Waals surface area (Å²) in [5.41, 5.74) is 0.360. The number of ether oxygens (including phenoxy) is 1. The second-order valence-electron chi connectivity index (χ2n) is 5.90. The molecular weight excluding hydrogens is 393 g/mol. The molecule has 0 fully saturated rings. The summed E-state index contributed by atoms with van der Waals surface area (Å²) in [5.74, 6) is -0.137. The van der Waals surface area contributed by atoms with Crippen molar-refractivity contribution in [2.24, 2.45) is 0 Å². The van der Waals surface area contributed by atoms with Crippen LogP contribution in [0.15, 0.2) is 41.1 Å². The van der Waals surface area contributed by atoms with Crippen LogP contribution in [0.1, 0.15) is 31.7 Å². The SMILES string of the molecule is CCCCCOc1ccc(Nc2nc(-c3cccs3)cs2)cc1C(F)(F)F. The quantitative estimate of drug-likeness (QED) is 0.397. The fraction of sp³-hybridized carbons (Fsp3) is 0.316. The van der Waals surface area contributed by atoms with E-state index in [4.69, 9.17) is 4.74 Å². The van der Waals surface area contributed by atoms with Crippen molar-refractivity contribution in [1.29, 1.82) is 0 Å². The number of halogens is 3. The zero-order chi connectivity index (χ0) is 19.3. The normalized spacial score (nSPS) is 11.6. The van der Waals surface area contributed by atoms with Crippen molar-refractivity contribution in [1.82, 2.24) is 4.98 Å². The fourth-order valence-electron chi connectivity index (χ4n) is 2.48. The Hall–Kier alpha value is -2.06. The summed E-state index contributed by atoms with van der Waals surface area (Å²) in [6, 6.07) is 7.90. The Kier molecular flexibility index (Phi) is 6.38. The van der Waals surface area contributed by atoms with Gasteiger partial charge in [-0.1, -0.05) is 25.8 Å². The highest BCUT2D eigenvalue weighted by Gasteiger charge is 2.34. The number of hydrogen-bond acceptors (Lipinski definition) is 5. The van der Waals surface area contributed by atoms with Crippen LogP contribution in [-0.4, -0.2) is 11.6 Å². The summed E-state index contributed by atoms with van der Waals surface area (Å²) >= 11 is 2.92.